The van der Waals surface area contributed by atoms with Crippen LogP contribution in [-0.4, -0.2) is 35.5 Å². The van der Waals surface area contributed by atoms with Gasteiger partial charge in [0.25, 0.3) is 0 Å². The average Bonchev–Trinajstić information content (AvgIpc) is 2.47. The SMILES string of the molecule is COC(=O)C1CCCCN1Cc1cccnc1C#N. The Hall–Kier alpha value is -1.93. The maximum Gasteiger partial charge on any atom is 0.323 e. The van der Waals surface area contributed by atoms with Crippen molar-refractivity contribution in [3.63, 3.8) is 0 Å². The molecule has 100 valence electrons. The van der Waals surface area contributed by atoms with E-state index in [0.717, 1.165) is 31.4 Å². The van der Waals surface area contributed by atoms with Gasteiger partial charge in [0.1, 0.15) is 17.8 Å². The summed E-state index contributed by atoms with van der Waals surface area (Å²) in [5, 5.41) is 9.05. The minimum absolute atomic E-state index is 0.193. The van der Waals surface area contributed by atoms with Gasteiger partial charge in [-0.3, -0.25) is 9.69 Å². The van der Waals surface area contributed by atoms with E-state index in [1.165, 1.54) is 7.11 Å². The molecular weight excluding hydrogens is 242 g/mol. The van der Waals surface area contributed by atoms with Gasteiger partial charge in [0, 0.05) is 18.3 Å². The molecule has 1 aromatic rings. The van der Waals surface area contributed by atoms with Gasteiger partial charge in [-0.15, -0.1) is 0 Å². The van der Waals surface area contributed by atoms with Crippen LogP contribution < -0.4 is 0 Å². The Morgan fingerprint density at radius 1 is 1.63 bits per heavy atom. The standard InChI is InChI=1S/C14H17N3O2/c1-19-14(18)13-6-2-3-8-17(13)10-11-5-4-7-16-12(11)9-15/h4-5,7,13H,2-3,6,8,10H2,1H3. The van der Waals surface area contributed by atoms with Crippen molar-refractivity contribution in [2.45, 2.75) is 31.8 Å². The Bertz CT molecular complexity index is 496. The zero-order valence-corrected chi connectivity index (χ0v) is 11.0. The fourth-order valence-electron chi connectivity index (χ4n) is 2.47. The van der Waals surface area contributed by atoms with E-state index in [2.05, 4.69) is 16.0 Å². The van der Waals surface area contributed by atoms with Crippen molar-refractivity contribution in [1.82, 2.24) is 9.88 Å². The van der Waals surface area contributed by atoms with Crippen LogP contribution in [-0.2, 0) is 16.1 Å². The Kier molecular flexibility index (Phi) is 4.48. The van der Waals surface area contributed by atoms with Crippen LogP contribution in [0, 0.1) is 11.3 Å². The number of nitriles is 1. The molecule has 0 radical (unpaired) electrons. The second kappa shape index (κ2) is 6.30. The molecule has 0 spiro atoms. The fourth-order valence-corrected chi connectivity index (χ4v) is 2.47. The van der Waals surface area contributed by atoms with Crippen molar-refractivity contribution in [2.75, 3.05) is 13.7 Å². The predicted molar refractivity (Wildman–Crippen MR) is 69.0 cm³/mol. The molecule has 5 nitrogen and oxygen atoms in total. The van der Waals surface area contributed by atoms with E-state index in [1.807, 2.05) is 12.1 Å². The Morgan fingerprint density at radius 2 is 2.47 bits per heavy atom. The van der Waals surface area contributed by atoms with Crippen LogP contribution in [0.25, 0.3) is 0 Å². The lowest BCUT2D eigenvalue weighted by molar-refractivity contribution is -0.148. The third-order valence-corrected chi connectivity index (χ3v) is 3.46. The number of rotatable bonds is 3. The largest absolute Gasteiger partial charge is 0.468 e. The van der Waals surface area contributed by atoms with E-state index in [4.69, 9.17) is 10.00 Å². The fraction of sp³-hybridized carbons (Fsp3) is 0.500. The summed E-state index contributed by atoms with van der Waals surface area (Å²) in [6.07, 6.45) is 4.52. The molecule has 1 aliphatic rings. The molecule has 0 saturated carbocycles. The number of nitrogens with zero attached hydrogens (tertiary/aromatic N) is 3. The van der Waals surface area contributed by atoms with Gasteiger partial charge in [0.15, 0.2) is 0 Å². The first kappa shape index (κ1) is 13.5. The summed E-state index contributed by atoms with van der Waals surface area (Å²) >= 11 is 0. The predicted octanol–water partition coefficient (Wildman–Crippen LogP) is 1.48. The number of likely N-dealkylation sites (tertiary alicyclic amines) is 1. The van der Waals surface area contributed by atoms with Gasteiger partial charge in [0.2, 0.25) is 0 Å². The van der Waals surface area contributed by atoms with E-state index in [-0.39, 0.29) is 12.0 Å². The summed E-state index contributed by atoms with van der Waals surface area (Å²) in [4.78, 5) is 17.9. The second-order valence-electron chi connectivity index (χ2n) is 4.63. The molecule has 0 bridgehead atoms. The Labute approximate surface area is 112 Å². The van der Waals surface area contributed by atoms with Crippen LogP contribution in [0.3, 0.4) is 0 Å². The maximum absolute atomic E-state index is 11.8. The molecule has 5 heteroatoms. The number of ether oxygens (including phenoxy) is 1. The smallest absolute Gasteiger partial charge is 0.323 e. The molecule has 1 unspecified atom stereocenters. The van der Waals surface area contributed by atoms with E-state index in [9.17, 15) is 4.79 Å². The molecule has 2 heterocycles. The van der Waals surface area contributed by atoms with Crippen LogP contribution in [0.4, 0.5) is 0 Å². The number of methoxy groups -OCH3 is 1. The van der Waals surface area contributed by atoms with Crippen molar-refractivity contribution in [2.24, 2.45) is 0 Å². The number of hydrogen-bond donors (Lipinski definition) is 0. The quantitative estimate of drug-likeness (QED) is 0.769. The highest BCUT2D eigenvalue weighted by atomic mass is 16.5. The van der Waals surface area contributed by atoms with Gasteiger partial charge < -0.3 is 4.74 Å². The summed E-state index contributed by atoms with van der Waals surface area (Å²) in [7, 11) is 1.42. The molecule has 1 aliphatic heterocycles. The summed E-state index contributed by atoms with van der Waals surface area (Å²) in [5.74, 6) is -0.193. The molecule has 1 aromatic heterocycles. The van der Waals surface area contributed by atoms with E-state index >= 15 is 0 Å². The Balaban J connectivity index is 2.16. The summed E-state index contributed by atoms with van der Waals surface area (Å²) < 4.78 is 4.85. The Morgan fingerprint density at radius 3 is 3.21 bits per heavy atom. The third kappa shape index (κ3) is 3.09. The van der Waals surface area contributed by atoms with Crippen LogP contribution in [0.5, 0.6) is 0 Å². The van der Waals surface area contributed by atoms with E-state index in [0.29, 0.717) is 12.2 Å². The van der Waals surface area contributed by atoms with Crippen molar-refractivity contribution in [3.05, 3.63) is 29.6 Å². The van der Waals surface area contributed by atoms with Crippen molar-refractivity contribution >= 4 is 5.97 Å². The van der Waals surface area contributed by atoms with Crippen molar-refractivity contribution in [1.29, 1.82) is 5.26 Å². The number of esters is 1. The number of pyridine rings is 1. The van der Waals surface area contributed by atoms with Crippen LogP contribution >= 0.6 is 0 Å². The molecule has 1 saturated heterocycles. The molecular formula is C14H17N3O2. The minimum atomic E-state index is -0.203. The molecule has 0 amide bonds. The number of hydrogen-bond acceptors (Lipinski definition) is 5. The topological polar surface area (TPSA) is 66.2 Å². The molecule has 1 fully saturated rings. The van der Waals surface area contributed by atoms with Crippen LogP contribution in [0.1, 0.15) is 30.5 Å². The lowest BCUT2D eigenvalue weighted by Gasteiger charge is -2.33. The van der Waals surface area contributed by atoms with Gasteiger partial charge in [-0.2, -0.15) is 5.26 Å². The zero-order valence-electron chi connectivity index (χ0n) is 11.0. The molecule has 2 rings (SSSR count). The highest BCUT2D eigenvalue weighted by molar-refractivity contribution is 5.75. The normalized spacial score (nSPS) is 19.7. The molecule has 19 heavy (non-hydrogen) atoms. The van der Waals surface area contributed by atoms with Gasteiger partial charge in [-0.1, -0.05) is 12.5 Å². The molecule has 0 aromatic carbocycles. The lowest BCUT2D eigenvalue weighted by Crippen LogP contribution is -2.44. The highest BCUT2D eigenvalue weighted by Gasteiger charge is 2.29. The monoisotopic (exact) mass is 259 g/mol. The first-order chi connectivity index (χ1) is 9.26. The van der Waals surface area contributed by atoms with E-state index < -0.39 is 0 Å². The van der Waals surface area contributed by atoms with Crippen molar-refractivity contribution < 1.29 is 9.53 Å². The third-order valence-electron chi connectivity index (χ3n) is 3.46. The maximum atomic E-state index is 11.8. The van der Waals surface area contributed by atoms with Gasteiger partial charge in [-0.25, -0.2) is 4.98 Å². The minimum Gasteiger partial charge on any atom is -0.468 e. The first-order valence-electron chi connectivity index (χ1n) is 6.42. The van der Waals surface area contributed by atoms with Gasteiger partial charge >= 0.3 is 5.97 Å². The lowest BCUT2D eigenvalue weighted by atomic mass is 10.0. The second-order valence-corrected chi connectivity index (χ2v) is 4.63. The van der Waals surface area contributed by atoms with Crippen LogP contribution in [0.15, 0.2) is 18.3 Å². The molecule has 1 atom stereocenters. The highest BCUT2D eigenvalue weighted by Crippen LogP contribution is 2.21. The number of aromatic nitrogens is 1. The summed E-state index contributed by atoms with van der Waals surface area (Å²) in [6.45, 7) is 1.41. The number of piperidine rings is 1. The van der Waals surface area contributed by atoms with Gasteiger partial charge in [0.05, 0.1) is 7.11 Å². The van der Waals surface area contributed by atoms with Gasteiger partial charge in [-0.05, 0) is 25.5 Å². The first-order valence-corrected chi connectivity index (χ1v) is 6.42. The van der Waals surface area contributed by atoms with Crippen LogP contribution in [0.2, 0.25) is 0 Å². The average molecular weight is 259 g/mol. The zero-order chi connectivity index (χ0) is 13.7. The number of carbonyl (C=O) groups is 1. The summed E-state index contributed by atoms with van der Waals surface area (Å²) in [5.41, 5.74) is 1.29. The summed E-state index contributed by atoms with van der Waals surface area (Å²) in [6, 6.07) is 5.58. The van der Waals surface area contributed by atoms with Crippen molar-refractivity contribution in [3.8, 4) is 6.07 Å². The molecule has 0 aliphatic carbocycles. The van der Waals surface area contributed by atoms with E-state index in [1.54, 1.807) is 6.20 Å². The molecule has 0 N–H and O–H groups in total. The number of carbonyl (C=O) groups excluding carboxylic acids is 1.